The standard InChI is InChI=1S/C15H18N4O/c1-19-13(10-16-18-19)15(20)17-14(12-8-5-9-12)11-6-3-2-4-7-11/h2-4,6-7,10,12,14H,5,8-9H2,1H3,(H,17,20). The van der Waals surface area contributed by atoms with Crippen LogP contribution in [0.15, 0.2) is 36.5 Å². The molecule has 5 nitrogen and oxygen atoms in total. The largest absolute Gasteiger partial charge is 0.344 e. The molecule has 1 heterocycles. The zero-order valence-corrected chi connectivity index (χ0v) is 11.5. The number of carbonyl (C=O) groups excluding carboxylic acids is 1. The molecule has 0 aliphatic heterocycles. The van der Waals surface area contributed by atoms with Gasteiger partial charge in [-0.05, 0) is 24.3 Å². The van der Waals surface area contributed by atoms with Gasteiger partial charge in [0.1, 0.15) is 5.69 Å². The van der Waals surface area contributed by atoms with Crippen LogP contribution >= 0.6 is 0 Å². The Morgan fingerprint density at radius 1 is 1.35 bits per heavy atom. The third kappa shape index (κ3) is 2.43. The van der Waals surface area contributed by atoms with E-state index in [1.165, 1.54) is 35.7 Å². The lowest BCUT2D eigenvalue weighted by atomic mass is 9.77. The lowest BCUT2D eigenvalue weighted by Crippen LogP contribution is -2.37. The second-order valence-electron chi connectivity index (χ2n) is 5.30. The van der Waals surface area contributed by atoms with E-state index in [1.54, 1.807) is 7.05 Å². The van der Waals surface area contributed by atoms with Gasteiger partial charge in [-0.25, -0.2) is 4.68 Å². The maximum Gasteiger partial charge on any atom is 0.271 e. The first kappa shape index (κ1) is 12.8. The van der Waals surface area contributed by atoms with E-state index in [-0.39, 0.29) is 11.9 Å². The molecule has 0 bridgehead atoms. The summed E-state index contributed by atoms with van der Waals surface area (Å²) in [6.07, 6.45) is 5.09. The summed E-state index contributed by atoms with van der Waals surface area (Å²) in [6.45, 7) is 0. The van der Waals surface area contributed by atoms with E-state index >= 15 is 0 Å². The van der Waals surface area contributed by atoms with Crippen LogP contribution in [0.4, 0.5) is 0 Å². The van der Waals surface area contributed by atoms with E-state index in [0.717, 1.165) is 0 Å². The highest BCUT2D eigenvalue weighted by atomic mass is 16.2. The SMILES string of the molecule is Cn1nncc1C(=O)NC(c1ccccc1)C1CCC1. The lowest BCUT2D eigenvalue weighted by molar-refractivity contribution is 0.0891. The number of nitrogens with zero attached hydrogens (tertiary/aromatic N) is 3. The fourth-order valence-electron chi connectivity index (χ4n) is 2.62. The molecular weight excluding hydrogens is 252 g/mol. The number of rotatable bonds is 4. The van der Waals surface area contributed by atoms with E-state index in [9.17, 15) is 4.79 Å². The molecule has 1 atom stereocenters. The molecule has 3 rings (SSSR count). The molecule has 0 saturated heterocycles. The minimum atomic E-state index is -0.113. The summed E-state index contributed by atoms with van der Waals surface area (Å²) in [5.41, 5.74) is 1.66. The molecule has 2 aromatic rings. The number of nitrogens with one attached hydrogen (secondary N) is 1. The van der Waals surface area contributed by atoms with E-state index in [2.05, 4.69) is 27.8 Å². The summed E-state index contributed by atoms with van der Waals surface area (Å²) in [4.78, 5) is 12.3. The van der Waals surface area contributed by atoms with Gasteiger partial charge in [0.2, 0.25) is 0 Å². The zero-order chi connectivity index (χ0) is 13.9. The third-order valence-electron chi connectivity index (χ3n) is 4.01. The molecule has 1 aromatic heterocycles. The average Bonchev–Trinajstić information content (AvgIpc) is 2.83. The number of carbonyl (C=O) groups is 1. The van der Waals surface area contributed by atoms with Gasteiger partial charge in [0.05, 0.1) is 12.2 Å². The van der Waals surface area contributed by atoms with Crippen molar-refractivity contribution in [3.63, 3.8) is 0 Å². The summed E-state index contributed by atoms with van der Waals surface area (Å²) < 4.78 is 1.50. The average molecular weight is 270 g/mol. The highest BCUT2D eigenvalue weighted by Crippen LogP contribution is 2.37. The number of aromatic nitrogens is 3. The van der Waals surface area contributed by atoms with E-state index < -0.39 is 0 Å². The van der Waals surface area contributed by atoms with Crippen LogP contribution in [-0.2, 0) is 7.05 Å². The van der Waals surface area contributed by atoms with Crippen LogP contribution in [0.1, 0.15) is 41.4 Å². The summed E-state index contributed by atoms with van der Waals surface area (Å²) in [7, 11) is 1.72. The van der Waals surface area contributed by atoms with Crippen LogP contribution in [0.5, 0.6) is 0 Å². The second-order valence-corrected chi connectivity index (χ2v) is 5.30. The molecule has 1 saturated carbocycles. The van der Waals surface area contributed by atoms with Gasteiger partial charge >= 0.3 is 0 Å². The Kier molecular flexibility index (Phi) is 3.50. The molecule has 1 aromatic carbocycles. The van der Waals surface area contributed by atoms with Crippen molar-refractivity contribution in [1.82, 2.24) is 20.3 Å². The molecule has 1 aliphatic carbocycles. The van der Waals surface area contributed by atoms with Crippen molar-refractivity contribution >= 4 is 5.91 Å². The van der Waals surface area contributed by atoms with Gasteiger partial charge in [-0.3, -0.25) is 4.79 Å². The van der Waals surface area contributed by atoms with Gasteiger partial charge in [0.25, 0.3) is 5.91 Å². The highest BCUT2D eigenvalue weighted by molar-refractivity contribution is 5.92. The Bertz CT molecular complexity index is 589. The van der Waals surface area contributed by atoms with Gasteiger partial charge in [-0.2, -0.15) is 0 Å². The Balaban J connectivity index is 1.80. The van der Waals surface area contributed by atoms with Crippen molar-refractivity contribution in [3.05, 3.63) is 47.8 Å². The third-order valence-corrected chi connectivity index (χ3v) is 4.01. The number of aryl methyl sites for hydroxylation is 1. The molecule has 20 heavy (non-hydrogen) atoms. The monoisotopic (exact) mass is 270 g/mol. The van der Waals surface area contributed by atoms with Gasteiger partial charge < -0.3 is 5.32 Å². The summed E-state index contributed by atoms with van der Waals surface area (Å²) >= 11 is 0. The first-order valence-corrected chi connectivity index (χ1v) is 6.96. The Labute approximate surface area is 118 Å². The minimum absolute atomic E-state index is 0.0762. The van der Waals surface area contributed by atoms with Crippen LogP contribution in [-0.4, -0.2) is 20.9 Å². The second kappa shape index (κ2) is 5.45. The van der Waals surface area contributed by atoms with Crippen LogP contribution in [0.25, 0.3) is 0 Å². The zero-order valence-electron chi connectivity index (χ0n) is 11.5. The number of hydrogen-bond acceptors (Lipinski definition) is 3. The first-order valence-electron chi connectivity index (χ1n) is 6.96. The molecule has 5 heteroatoms. The normalized spacial score (nSPS) is 16.4. The van der Waals surface area contributed by atoms with E-state index in [4.69, 9.17) is 0 Å². The van der Waals surface area contributed by atoms with Crippen molar-refractivity contribution in [2.24, 2.45) is 13.0 Å². The molecule has 1 fully saturated rings. The van der Waals surface area contributed by atoms with Crippen molar-refractivity contribution in [2.45, 2.75) is 25.3 Å². The number of amides is 1. The first-order chi connectivity index (χ1) is 9.75. The van der Waals surface area contributed by atoms with E-state index in [1.807, 2.05) is 18.2 Å². The van der Waals surface area contributed by atoms with Crippen molar-refractivity contribution in [3.8, 4) is 0 Å². The molecule has 0 spiro atoms. The van der Waals surface area contributed by atoms with Gasteiger partial charge in [0.15, 0.2) is 0 Å². The van der Waals surface area contributed by atoms with Crippen LogP contribution in [0.2, 0.25) is 0 Å². The molecule has 104 valence electrons. The Hall–Kier alpha value is -2.17. The summed E-state index contributed by atoms with van der Waals surface area (Å²) in [5.74, 6) is 0.417. The van der Waals surface area contributed by atoms with Gasteiger partial charge in [0, 0.05) is 7.05 Å². The number of hydrogen-bond donors (Lipinski definition) is 1. The van der Waals surface area contributed by atoms with Crippen molar-refractivity contribution < 1.29 is 4.79 Å². The predicted molar refractivity (Wildman–Crippen MR) is 75.0 cm³/mol. The lowest BCUT2D eigenvalue weighted by Gasteiger charge is -2.34. The summed E-state index contributed by atoms with van der Waals surface area (Å²) in [5, 5.41) is 10.7. The summed E-state index contributed by atoms with van der Waals surface area (Å²) in [6, 6.07) is 10.2. The van der Waals surface area contributed by atoms with E-state index in [0.29, 0.717) is 11.6 Å². The van der Waals surface area contributed by atoms with Gasteiger partial charge in [-0.15, -0.1) is 5.10 Å². The van der Waals surface area contributed by atoms with Crippen molar-refractivity contribution in [2.75, 3.05) is 0 Å². The Morgan fingerprint density at radius 3 is 2.65 bits per heavy atom. The van der Waals surface area contributed by atoms with Crippen LogP contribution < -0.4 is 5.32 Å². The molecule has 0 radical (unpaired) electrons. The van der Waals surface area contributed by atoms with Gasteiger partial charge in [-0.1, -0.05) is 42.0 Å². The highest BCUT2D eigenvalue weighted by Gasteiger charge is 2.30. The topological polar surface area (TPSA) is 59.8 Å². The maximum atomic E-state index is 12.3. The molecule has 1 N–H and O–H groups in total. The molecule has 1 aliphatic rings. The minimum Gasteiger partial charge on any atom is -0.344 e. The predicted octanol–water partition coefficient (Wildman–Crippen LogP) is 2.09. The fraction of sp³-hybridized carbons (Fsp3) is 0.400. The quantitative estimate of drug-likeness (QED) is 0.925. The Morgan fingerprint density at radius 2 is 2.10 bits per heavy atom. The van der Waals surface area contributed by atoms with Crippen LogP contribution in [0.3, 0.4) is 0 Å². The molecule has 1 amide bonds. The molecule has 1 unspecified atom stereocenters. The molecular formula is C15H18N4O. The van der Waals surface area contributed by atoms with Crippen LogP contribution in [0, 0.1) is 5.92 Å². The van der Waals surface area contributed by atoms with Crippen molar-refractivity contribution in [1.29, 1.82) is 0 Å². The smallest absolute Gasteiger partial charge is 0.271 e. The fourth-order valence-corrected chi connectivity index (χ4v) is 2.62. The maximum absolute atomic E-state index is 12.3. The number of benzene rings is 1.